The van der Waals surface area contributed by atoms with Gasteiger partial charge < -0.3 is 15.3 Å². The number of thiazole rings is 1. The normalized spacial score (nSPS) is 28.3. The van der Waals surface area contributed by atoms with Crippen molar-refractivity contribution in [3.8, 4) is 11.3 Å². The van der Waals surface area contributed by atoms with E-state index >= 15 is 0 Å². The minimum Gasteiger partial charge on any atom is -0.391 e. The van der Waals surface area contributed by atoms with Gasteiger partial charge in [0, 0.05) is 36.1 Å². The van der Waals surface area contributed by atoms with E-state index < -0.39 is 0 Å². The molecule has 2 fully saturated rings. The van der Waals surface area contributed by atoms with Crippen LogP contribution in [-0.2, 0) is 10.8 Å². The first-order valence-electron chi connectivity index (χ1n) is 14.2. The molecule has 5 rings (SSSR count). The Hall–Kier alpha value is -1.43. The van der Waals surface area contributed by atoms with Crippen LogP contribution < -0.4 is 10.2 Å². The quantitative estimate of drug-likeness (QED) is 0.470. The minimum absolute atomic E-state index is 0.172. The molecule has 2 aromatic rings. The van der Waals surface area contributed by atoms with E-state index in [1.165, 1.54) is 29.5 Å². The highest BCUT2D eigenvalue weighted by Crippen LogP contribution is 2.47. The molecule has 1 saturated carbocycles. The molecule has 0 spiro atoms. The Morgan fingerprint density at radius 3 is 2.28 bits per heavy atom. The van der Waals surface area contributed by atoms with Crippen molar-refractivity contribution in [3.05, 3.63) is 34.7 Å². The Bertz CT molecular complexity index is 1070. The summed E-state index contributed by atoms with van der Waals surface area (Å²) < 4.78 is 0. The molecule has 1 aliphatic heterocycles. The van der Waals surface area contributed by atoms with E-state index in [2.05, 4.69) is 82.3 Å². The molecule has 2 N–H and O–H groups in total. The van der Waals surface area contributed by atoms with Crippen LogP contribution >= 0.6 is 11.3 Å². The number of aliphatic hydroxyl groups is 1. The van der Waals surface area contributed by atoms with Crippen molar-refractivity contribution in [1.29, 1.82) is 0 Å². The average Bonchev–Trinajstić information content (AvgIpc) is 3.45. The van der Waals surface area contributed by atoms with Gasteiger partial charge in [-0.05, 0) is 77.9 Å². The van der Waals surface area contributed by atoms with Gasteiger partial charge in [0.1, 0.15) is 0 Å². The van der Waals surface area contributed by atoms with Gasteiger partial charge in [-0.3, -0.25) is 0 Å². The molecule has 0 radical (unpaired) electrons. The number of benzene rings is 1. The smallest absolute Gasteiger partial charge is 0.185 e. The number of hydrogen-bond donors (Lipinski definition) is 2. The number of fused-ring (bicyclic) bond motifs is 1. The summed E-state index contributed by atoms with van der Waals surface area (Å²) >= 11 is 1.78. The number of anilines is 1. The summed E-state index contributed by atoms with van der Waals surface area (Å²) in [5.41, 5.74) is 6.01. The van der Waals surface area contributed by atoms with Gasteiger partial charge >= 0.3 is 0 Å². The Morgan fingerprint density at radius 2 is 1.64 bits per heavy atom. The van der Waals surface area contributed by atoms with Crippen LogP contribution in [0.15, 0.2) is 23.6 Å². The fourth-order valence-electron chi connectivity index (χ4n) is 6.94. The zero-order valence-electron chi connectivity index (χ0n) is 23.5. The Kier molecular flexibility index (Phi) is 6.83. The third kappa shape index (κ3) is 5.00. The first-order chi connectivity index (χ1) is 16.8. The zero-order valence-corrected chi connectivity index (χ0v) is 24.3. The van der Waals surface area contributed by atoms with E-state index in [0.29, 0.717) is 12.0 Å². The Balaban J connectivity index is 1.22. The standard InChI is InChI=1S/C31H47N3OS/c1-29(2,3)23-10-11-25(27(23)35)32-21-12-16-34(17-13-21)28-33-26(19-36-28)20-8-9-22-24(18-20)31(6,7)15-14-30(22,4)5/h8-9,18-19,21,23,25,27,32,35H,10-17H2,1-7H3. The molecule has 0 amide bonds. The van der Waals surface area contributed by atoms with Crippen LogP contribution in [0, 0.1) is 11.3 Å². The van der Waals surface area contributed by atoms with Crippen LogP contribution in [0.2, 0.25) is 0 Å². The lowest BCUT2D eigenvalue weighted by Gasteiger charge is -2.42. The second-order valence-corrected chi connectivity index (χ2v) is 15.0. The number of piperidine rings is 1. The van der Waals surface area contributed by atoms with E-state index in [-0.39, 0.29) is 28.4 Å². The third-order valence-corrected chi connectivity index (χ3v) is 10.5. The van der Waals surface area contributed by atoms with Crippen molar-refractivity contribution in [2.24, 2.45) is 11.3 Å². The molecule has 1 aromatic carbocycles. The molecule has 4 nitrogen and oxygen atoms in total. The highest BCUT2D eigenvalue weighted by Gasteiger charge is 2.42. The SMILES string of the molecule is CC1(C)CCC(C)(C)c2cc(-c3csc(N4CCC(NC5CCC(C(C)(C)C)C5O)CC4)n3)ccc21. The first kappa shape index (κ1) is 26.2. The molecule has 198 valence electrons. The second kappa shape index (κ2) is 9.39. The third-order valence-electron chi connectivity index (χ3n) is 9.58. The fraction of sp³-hybridized carbons (Fsp3) is 0.710. The van der Waals surface area contributed by atoms with Crippen LogP contribution in [0.4, 0.5) is 5.13 Å². The van der Waals surface area contributed by atoms with Crippen molar-refractivity contribution in [2.75, 3.05) is 18.0 Å². The van der Waals surface area contributed by atoms with Crippen molar-refractivity contribution in [3.63, 3.8) is 0 Å². The molecule has 2 heterocycles. The van der Waals surface area contributed by atoms with Crippen LogP contribution in [0.5, 0.6) is 0 Å². The second-order valence-electron chi connectivity index (χ2n) is 14.1. The maximum Gasteiger partial charge on any atom is 0.185 e. The number of nitrogens with one attached hydrogen (secondary N) is 1. The number of aromatic nitrogens is 1. The van der Waals surface area contributed by atoms with E-state index in [9.17, 15) is 5.11 Å². The molecule has 5 heteroatoms. The van der Waals surface area contributed by atoms with E-state index in [1.807, 2.05) is 0 Å². The lowest BCUT2D eigenvalue weighted by Crippen LogP contribution is -2.50. The van der Waals surface area contributed by atoms with Crippen LogP contribution in [0.1, 0.15) is 98.1 Å². The molecule has 3 aliphatic rings. The average molecular weight is 510 g/mol. The van der Waals surface area contributed by atoms with E-state index in [0.717, 1.165) is 49.6 Å². The zero-order chi connectivity index (χ0) is 25.9. The minimum atomic E-state index is -0.225. The lowest BCUT2D eigenvalue weighted by atomic mass is 9.63. The number of aliphatic hydroxyl groups excluding tert-OH is 1. The molecule has 0 bridgehead atoms. The highest BCUT2D eigenvalue weighted by atomic mass is 32.1. The van der Waals surface area contributed by atoms with Gasteiger partial charge in [-0.1, -0.05) is 60.6 Å². The monoisotopic (exact) mass is 509 g/mol. The van der Waals surface area contributed by atoms with Crippen molar-refractivity contribution in [2.45, 2.75) is 116 Å². The summed E-state index contributed by atoms with van der Waals surface area (Å²) in [7, 11) is 0. The van der Waals surface area contributed by atoms with Gasteiger partial charge in [-0.2, -0.15) is 0 Å². The lowest BCUT2D eigenvalue weighted by molar-refractivity contribution is 0.0478. The molecule has 2 aliphatic carbocycles. The predicted molar refractivity (Wildman–Crippen MR) is 153 cm³/mol. The van der Waals surface area contributed by atoms with Gasteiger partial charge in [0.2, 0.25) is 0 Å². The highest BCUT2D eigenvalue weighted by molar-refractivity contribution is 7.14. The molecule has 36 heavy (non-hydrogen) atoms. The van der Waals surface area contributed by atoms with Crippen LogP contribution in [-0.4, -0.2) is 41.4 Å². The fourth-order valence-corrected chi connectivity index (χ4v) is 7.83. The van der Waals surface area contributed by atoms with E-state index in [4.69, 9.17) is 4.98 Å². The maximum atomic E-state index is 10.9. The van der Waals surface area contributed by atoms with Crippen molar-refractivity contribution >= 4 is 16.5 Å². The summed E-state index contributed by atoms with van der Waals surface area (Å²) in [4.78, 5) is 7.56. The van der Waals surface area contributed by atoms with Gasteiger partial charge in [0.05, 0.1) is 11.8 Å². The topological polar surface area (TPSA) is 48.4 Å². The molecule has 3 unspecified atom stereocenters. The predicted octanol–water partition coefficient (Wildman–Crippen LogP) is 6.90. The van der Waals surface area contributed by atoms with Crippen LogP contribution in [0.25, 0.3) is 11.3 Å². The molecule has 3 atom stereocenters. The van der Waals surface area contributed by atoms with E-state index in [1.54, 1.807) is 11.3 Å². The van der Waals surface area contributed by atoms with Crippen molar-refractivity contribution < 1.29 is 5.11 Å². The van der Waals surface area contributed by atoms with Gasteiger partial charge in [0.25, 0.3) is 0 Å². The largest absolute Gasteiger partial charge is 0.391 e. The summed E-state index contributed by atoms with van der Waals surface area (Å²) in [6.07, 6.45) is 6.69. The molecule has 1 aromatic heterocycles. The van der Waals surface area contributed by atoms with Gasteiger partial charge in [0.15, 0.2) is 5.13 Å². The molecule has 1 saturated heterocycles. The Labute approximate surface area is 222 Å². The number of nitrogens with zero attached hydrogens (tertiary/aromatic N) is 2. The summed E-state index contributed by atoms with van der Waals surface area (Å²) in [6.45, 7) is 18.4. The molecular weight excluding hydrogens is 462 g/mol. The summed E-state index contributed by atoms with van der Waals surface area (Å²) in [5, 5.41) is 18.1. The number of hydrogen-bond acceptors (Lipinski definition) is 5. The molecular formula is C31H47N3OS. The van der Waals surface area contributed by atoms with Crippen molar-refractivity contribution in [1.82, 2.24) is 10.3 Å². The van der Waals surface area contributed by atoms with Gasteiger partial charge in [-0.15, -0.1) is 11.3 Å². The van der Waals surface area contributed by atoms with Gasteiger partial charge in [-0.25, -0.2) is 4.98 Å². The summed E-state index contributed by atoms with van der Waals surface area (Å²) in [5.74, 6) is 0.393. The first-order valence-corrected chi connectivity index (χ1v) is 15.0. The summed E-state index contributed by atoms with van der Waals surface area (Å²) in [6, 6.07) is 7.81. The maximum absolute atomic E-state index is 10.9. The number of rotatable bonds is 4. The van der Waals surface area contributed by atoms with Crippen LogP contribution in [0.3, 0.4) is 0 Å². The Morgan fingerprint density at radius 1 is 0.972 bits per heavy atom.